The molecule has 0 fully saturated rings. The first-order valence-electron chi connectivity index (χ1n) is 9.26. The summed E-state index contributed by atoms with van der Waals surface area (Å²) >= 11 is 0. The van der Waals surface area contributed by atoms with Gasteiger partial charge in [0.25, 0.3) is 0 Å². The van der Waals surface area contributed by atoms with E-state index in [4.69, 9.17) is 0 Å². The summed E-state index contributed by atoms with van der Waals surface area (Å²) in [6.45, 7) is 1.97. The second kappa shape index (κ2) is 7.42. The van der Waals surface area contributed by atoms with Crippen LogP contribution in [0.4, 0.5) is 18.9 Å². The number of aryl methyl sites for hydroxylation is 1. The van der Waals surface area contributed by atoms with E-state index in [-0.39, 0.29) is 5.69 Å². The molecule has 0 saturated heterocycles. The van der Waals surface area contributed by atoms with Crippen LogP contribution in [0.1, 0.15) is 11.3 Å². The van der Waals surface area contributed by atoms with Gasteiger partial charge in [0.2, 0.25) is 10.0 Å². The van der Waals surface area contributed by atoms with Crippen LogP contribution in [-0.4, -0.2) is 24.5 Å². The van der Waals surface area contributed by atoms with Crippen molar-refractivity contribution in [2.24, 2.45) is 0 Å². The predicted molar refractivity (Wildman–Crippen MR) is 115 cm³/mol. The maximum atomic E-state index is 13.4. The fourth-order valence-electron chi connectivity index (χ4n) is 3.33. The van der Waals surface area contributed by atoms with Crippen LogP contribution in [0.2, 0.25) is 0 Å². The zero-order chi connectivity index (χ0) is 22.4. The summed E-state index contributed by atoms with van der Waals surface area (Å²) in [6.07, 6.45) is -3.59. The quantitative estimate of drug-likeness (QED) is 0.458. The van der Waals surface area contributed by atoms with Crippen LogP contribution in [0.15, 0.2) is 66.7 Å². The topological polar surface area (TPSA) is 64.0 Å². The van der Waals surface area contributed by atoms with Gasteiger partial charge < -0.3 is 0 Å². The number of benzene rings is 3. The molecule has 0 saturated carbocycles. The summed E-state index contributed by atoms with van der Waals surface area (Å²) < 4.78 is 66.5. The summed E-state index contributed by atoms with van der Waals surface area (Å²) in [5.41, 5.74) is 1.61. The van der Waals surface area contributed by atoms with E-state index in [9.17, 15) is 21.6 Å². The maximum Gasteiger partial charge on any atom is 0.435 e. The Balaban J connectivity index is 1.83. The molecule has 0 unspecified atom stereocenters. The molecule has 0 radical (unpaired) electrons. The molecule has 5 nitrogen and oxygen atoms in total. The van der Waals surface area contributed by atoms with E-state index in [1.165, 1.54) is 28.9 Å². The Labute approximate surface area is 177 Å². The number of hydrogen-bond donors (Lipinski definition) is 1. The van der Waals surface area contributed by atoms with E-state index in [0.29, 0.717) is 16.9 Å². The first-order valence-corrected chi connectivity index (χ1v) is 11.1. The third-order valence-corrected chi connectivity index (χ3v) is 5.31. The van der Waals surface area contributed by atoms with Gasteiger partial charge >= 0.3 is 6.18 Å². The molecule has 1 aromatic heterocycles. The van der Waals surface area contributed by atoms with Crippen molar-refractivity contribution in [3.05, 3.63) is 78.0 Å². The summed E-state index contributed by atoms with van der Waals surface area (Å²) in [6, 6.07) is 18.3. The lowest BCUT2D eigenvalue weighted by Crippen LogP contribution is -2.10. The van der Waals surface area contributed by atoms with Crippen LogP contribution in [0.3, 0.4) is 0 Å². The number of rotatable bonds is 4. The fourth-order valence-corrected chi connectivity index (χ4v) is 3.90. The number of anilines is 1. The van der Waals surface area contributed by atoms with Crippen LogP contribution in [-0.2, 0) is 16.2 Å². The fraction of sp³-hybridized carbons (Fsp3) is 0.136. The van der Waals surface area contributed by atoms with Gasteiger partial charge in [-0.25, -0.2) is 13.1 Å². The maximum absolute atomic E-state index is 13.4. The molecule has 1 heterocycles. The molecule has 0 aliphatic heterocycles. The summed E-state index contributed by atoms with van der Waals surface area (Å²) in [5.74, 6) is 0. The van der Waals surface area contributed by atoms with Crippen LogP contribution in [0.25, 0.3) is 27.7 Å². The van der Waals surface area contributed by atoms with Gasteiger partial charge in [-0.2, -0.15) is 18.3 Å². The molecule has 3 aromatic carbocycles. The highest BCUT2D eigenvalue weighted by atomic mass is 32.2. The van der Waals surface area contributed by atoms with Crippen LogP contribution >= 0.6 is 0 Å². The average Bonchev–Trinajstić information content (AvgIpc) is 3.13. The standard InChI is InChI=1S/C22H18F3N3O2S/c1-14-3-4-16-12-17(6-5-15(16)11-14)20-13-21(22(23,24)25)26-28(20)19-9-7-18(8-10-19)27-31(2,29)30/h3-13,27H,1-2H3. The largest absolute Gasteiger partial charge is 0.435 e. The Hall–Kier alpha value is -3.33. The molecule has 0 bridgehead atoms. The van der Waals surface area contributed by atoms with Gasteiger partial charge in [-0.05, 0) is 54.1 Å². The third-order valence-electron chi connectivity index (χ3n) is 4.71. The Bertz CT molecular complexity index is 1380. The molecule has 0 aliphatic rings. The van der Waals surface area contributed by atoms with Crippen molar-refractivity contribution in [3.8, 4) is 16.9 Å². The minimum absolute atomic E-state index is 0.277. The minimum Gasteiger partial charge on any atom is -0.284 e. The first kappa shape index (κ1) is 20.9. The van der Waals surface area contributed by atoms with Crippen molar-refractivity contribution in [2.75, 3.05) is 11.0 Å². The molecule has 4 aromatic rings. The van der Waals surface area contributed by atoms with Crippen molar-refractivity contribution >= 4 is 26.5 Å². The summed E-state index contributed by atoms with van der Waals surface area (Å²) in [7, 11) is -3.47. The molecule has 0 spiro atoms. The number of fused-ring (bicyclic) bond motifs is 1. The number of halogens is 3. The Kier molecular flexibility index (Phi) is 5.01. The van der Waals surface area contributed by atoms with Crippen molar-refractivity contribution < 1.29 is 21.6 Å². The number of hydrogen-bond acceptors (Lipinski definition) is 3. The SMILES string of the molecule is Cc1ccc2cc(-c3cc(C(F)(F)F)nn3-c3ccc(NS(C)(=O)=O)cc3)ccc2c1. The lowest BCUT2D eigenvalue weighted by molar-refractivity contribution is -0.141. The van der Waals surface area contributed by atoms with Crippen molar-refractivity contribution in [3.63, 3.8) is 0 Å². The lowest BCUT2D eigenvalue weighted by atomic mass is 10.0. The van der Waals surface area contributed by atoms with Gasteiger partial charge in [0.1, 0.15) is 0 Å². The summed E-state index contributed by atoms with van der Waals surface area (Å²) in [5, 5.41) is 5.67. The van der Waals surface area contributed by atoms with Crippen LogP contribution < -0.4 is 4.72 Å². The van der Waals surface area contributed by atoms with E-state index in [2.05, 4.69) is 9.82 Å². The van der Waals surface area contributed by atoms with E-state index in [0.717, 1.165) is 28.7 Å². The van der Waals surface area contributed by atoms with Crippen LogP contribution in [0, 0.1) is 6.92 Å². The molecule has 9 heteroatoms. The van der Waals surface area contributed by atoms with Gasteiger partial charge in [0.15, 0.2) is 5.69 Å². The normalized spacial score (nSPS) is 12.3. The molecular weight excluding hydrogens is 427 g/mol. The van der Waals surface area contributed by atoms with E-state index in [1.54, 1.807) is 6.07 Å². The van der Waals surface area contributed by atoms with Crippen molar-refractivity contribution in [1.82, 2.24) is 9.78 Å². The molecular formula is C22H18F3N3O2S. The zero-order valence-electron chi connectivity index (χ0n) is 16.6. The molecule has 0 atom stereocenters. The predicted octanol–water partition coefficient (Wildman–Crippen LogP) is 5.39. The highest BCUT2D eigenvalue weighted by Gasteiger charge is 2.35. The monoisotopic (exact) mass is 445 g/mol. The molecule has 0 aliphatic carbocycles. The molecule has 0 amide bonds. The van der Waals surface area contributed by atoms with Gasteiger partial charge in [0, 0.05) is 11.3 Å². The van der Waals surface area contributed by atoms with Crippen molar-refractivity contribution in [1.29, 1.82) is 0 Å². The number of sulfonamides is 1. The average molecular weight is 445 g/mol. The Morgan fingerprint density at radius 2 is 1.55 bits per heavy atom. The Morgan fingerprint density at radius 1 is 0.903 bits per heavy atom. The highest BCUT2D eigenvalue weighted by Crippen LogP contribution is 2.34. The second-order valence-corrected chi connectivity index (χ2v) is 9.06. The minimum atomic E-state index is -4.61. The van der Waals surface area contributed by atoms with Gasteiger partial charge in [-0.1, -0.05) is 35.9 Å². The second-order valence-electron chi connectivity index (χ2n) is 7.31. The molecule has 160 valence electrons. The number of alkyl halides is 3. The van der Waals surface area contributed by atoms with Gasteiger partial charge in [-0.3, -0.25) is 4.72 Å². The summed E-state index contributed by atoms with van der Waals surface area (Å²) in [4.78, 5) is 0. The number of nitrogens with one attached hydrogen (secondary N) is 1. The highest BCUT2D eigenvalue weighted by molar-refractivity contribution is 7.92. The zero-order valence-corrected chi connectivity index (χ0v) is 17.4. The number of nitrogens with zero attached hydrogens (tertiary/aromatic N) is 2. The molecule has 31 heavy (non-hydrogen) atoms. The van der Waals surface area contributed by atoms with E-state index >= 15 is 0 Å². The van der Waals surface area contributed by atoms with Crippen molar-refractivity contribution in [2.45, 2.75) is 13.1 Å². The molecule has 1 N–H and O–H groups in total. The van der Waals surface area contributed by atoms with Gasteiger partial charge in [-0.15, -0.1) is 0 Å². The third kappa shape index (κ3) is 4.56. The number of aromatic nitrogens is 2. The van der Waals surface area contributed by atoms with E-state index in [1.807, 2.05) is 37.3 Å². The smallest absolute Gasteiger partial charge is 0.284 e. The molecule has 4 rings (SSSR count). The van der Waals surface area contributed by atoms with Gasteiger partial charge in [0.05, 0.1) is 17.6 Å². The lowest BCUT2D eigenvalue weighted by Gasteiger charge is -2.10. The van der Waals surface area contributed by atoms with Crippen LogP contribution in [0.5, 0.6) is 0 Å². The Morgan fingerprint density at radius 3 is 2.19 bits per heavy atom. The first-order chi connectivity index (χ1) is 14.5. The van der Waals surface area contributed by atoms with E-state index < -0.39 is 21.9 Å².